The summed E-state index contributed by atoms with van der Waals surface area (Å²) in [6, 6.07) is 5.95. The van der Waals surface area contributed by atoms with E-state index in [9.17, 15) is 0 Å². The third-order valence-corrected chi connectivity index (χ3v) is 3.99. The Balaban J connectivity index is 0.00000220. The standard InChI is InChI=1S/C16H26N4.HI/c1-13-6-5-7-14(10-13)11-19-16(17-2)20-12-15-8-3-4-9-18-15;/h3-4,8-9,13-14H,5-7,10-12H2,1-2H3,(H2,17,19,20);1H. The van der Waals surface area contributed by atoms with Crippen molar-refractivity contribution in [2.24, 2.45) is 16.8 Å². The Morgan fingerprint density at radius 3 is 2.86 bits per heavy atom. The maximum atomic E-state index is 4.30. The highest BCUT2D eigenvalue weighted by Gasteiger charge is 2.18. The lowest BCUT2D eigenvalue weighted by atomic mass is 9.82. The monoisotopic (exact) mass is 402 g/mol. The summed E-state index contributed by atoms with van der Waals surface area (Å²) >= 11 is 0. The molecule has 1 aromatic heterocycles. The third-order valence-electron chi connectivity index (χ3n) is 3.99. The molecule has 1 saturated carbocycles. The Hall–Kier alpha value is -0.850. The fourth-order valence-electron chi connectivity index (χ4n) is 2.88. The number of rotatable bonds is 4. The van der Waals surface area contributed by atoms with Crippen molar-refractivity contribution in [3.63, 3.8) is 0 Å². The summed E-state index contributed by atoms with van der Waals surface area (Å²) in [5, 5.41) is 6.75. The van der Waals surface area contributed by atoms with Gasteiger partial charge >= 0.3 is 0 Å². The van der Waals surface area contributed by atoms with Crippen molar-refractivity contribution in [3.8, 4) is 0 Å². The van der Waals surface area contributed by atoms with Crippen LogP contribution in [0.5, 0.6) is 0 Å². The van der Waals surface area contributed by atoms with Crippen molar-refractivity contribution in [2.45, 2.75) is 39.2 Å². The highest BCUT2D eigenvalue weighted by atomic mass is 127. The smallest absolute Gasteiger partial charge is 0.191 e. The molecule has 5 heteroatoms. The maximum absolute atomic E-state index is 4.30. The number of nitrogens with zero attached hydrogens (tertiary/aromatic N) is 2. The fourth-order valence-corrected chi connectivity index (χ4v) is 2.88. The van der Waals surface area contributed by atoms with Crippen LogP contribution in [0.3, 0.4) is 0 Å². The van der Waals surface area contributed by atoms with Crippen molar-refractivity contribution < 1.29 is 0 Å². The molecule has 1 aliphatic rings. The maximum Gasteiger partial charge on any atom is 0.191 e. The largest absolute Gasteiger partial charge is 0.356 e. The molecule has 1 aromatic rings. The van der Waals surface area contributed by atoms with E-state index in [0.717, 1.165) is 30.0 Å². The second-order valence-electron chi connectivity index (χ2n) is 5.77. The van der Waals surface area contributed by atoms with Crippen LogP contribution in [0.4, 0.5) is 0 Å². The molecule has 0 spiro atoms. The normalized spacial score (nSPS) is 22.3. The molecule has 2 N–H and O–H groups in total. The summed E-state index contributed by atoms with van der Waals surface area (Å²) in [5.74, 6) is 2.53. The highest BCUT2D eigenvalue weighted by Crippen LogP contribution is 2.27. The number of halogens is 1. The van der Waals surface area contributed by atoms with Crippen LogP contribution in [0.25, 0.3) is 0 Å². The zero-order valence-corrected chi connectivity index (χ0v) is 15.3. The van der Waals surface area contributed by atoms with Gasteiger partial charge in [-0.25, -0.2) is 0 Å². The van der Waals surface area contributed by atoms with Gasteiger partial charge in [-0.3, -0.25) is 9.98 Å². The Kier molecular flexibility index (Phi) is 8.64. The van der Waals surface area contributed by atoms with E-state index in [1.165, 1.54) is 25.7 Å². The van der Waals surface area contributed by atoms with Gasteiger partial charge < -0.3 is 10.6 Å². The minimum Gasteiger partial charge on any atom is -0.356 e. The minimum absolute atomic E-state index is 0. The summed E-state index contributed by atoms with van der Waals surface area (Å²) in [6.07, 6.45) is 7.26. The molecule has 118 valence electrons. The summed E-state index contributed by atoms with van der Waals surface area (Å²) < 4.78 is 0. The fraction of sp³-hybridized carbons (Fsp3) is 0.625. The minimum atomic E-state index is 0. The molecule has 0 bridgehead atoms. The van der Waals surface area contributed by atoms with Gasteiger partial charge in [0, 0.05) is 19.8 Å². The van der Waals surface area contributed by atoms with Crippen LogP contribution in [0.1, 0.15) is 38.3 Å². The van der Waals surface area contributed by atoms with Crippen molar-refractivity contribution in [1.29, 1.82) is 0 Å². The molecule has 1 fully saturated rings. The molecule has 0 saturated heterocycles. The van der Waals surface area contributed by atoms with Crippen molar-refractivity contribution in [2.75, 3.05) is 13.6 Å². The van der Waals surface area contributed by atoms with Gasteiger partial charge in [0.15, 0.2) is 5.96 Å². The van der Waals surface area contributed by atoms with Crippen LogP contribution >= 0.6 is 24.0 Å². The predicted molar refractivity (Wildman–Crippen MR) is 99.0 cm³/mol. The molecule has 2 atom stereocenters. The van der Waals surface area contributed by atoms with E-state index in [4.69, 9.17) is 0 Å². The first kappa shape index (κ1) is 18.2. The van der Waals surface area contributed by atoms with Crippen molar-refractivity contribution in [3.05, 3.63) is 30.1 Å². The SMILES string of the molecule is CN=C(NCc1ccccn1)NCC1CCCC(C)C1.I. The Morgan fingerprint density at radius 1 is 1.33 bits per heavy atom. The molecule has 1 heterocycles. The molecule has 4 nitrogen and oxygen atoms in total. The molecule has 21 heavy (non-hydrogen) atoms. The summed E-state index contributed by atoms with van der Waals surface area (Å²) in [6.45, 7) is 4.09. The van der Waals surface area contributed by atoms with E-state index < -0.39 is 0 Å². The number of guanidine groups is 1. The third kappa shape index (κ3) is 6.63. The number of hydrogen-bond acceptors (Lipinski definition) is 2. The molecular weight excluding hydrogens is 375 g/mol. The lowest BCUT2D eigenvalue weighted by Crippen LogP contribution is -2.40. The van der Waals surface area contributed by atoms with Gasteiger partial charge in [-0.2, -0.15) is 0 Å². The second kappa shape index (κ2) is 9.97. The Morgan fingerprint density at radius 2 is 2.19 bits per heavy atom. The molecule has 2 rings (SSSR count). The Labute approximate surface area is 145 Å². The number of aliphatic imine (C=N–C) groups is 1. The van der Waals surface area contributed by atoms with Crippen LogP contribution in [0.15, 0.2) is 29.4 Å². The van der Waals surface area contributed by atoms with Gasteiger partial charge in [-0.1, -0.05) is 25.8 Å². The van der Waals surface area contributed by atoms with E-state index in [0.29, 0.717) is 6.54 Å². The van der Waals surface area contributed by atoms with E-state index >= 15 is 0 Å². The van der Waals surface area contributed by atoms with Crippen molar-refractivity contribution in [1.82, 2.24) is 15.6 Å². The van der Waals surface area contributed by atoms with Gasteiger partial charge in [0.2, 0.25) is 0 Å². The van der Waals surface area contributed by atoms with Gasteiger partial charge in [0.1, 0.15) is 0 Å². The molecule has 0 aliphatic heterocycles. The first-order valence-electron chi connectivity index (χ1n) is 7.62. The number of aromatic nitrogens is 1. The second-order valence-corrected chi connectivity index (χ2v) is 5.77. The van der Waals surface area contributed by atoms with Gasteiger partial charge in [-0.15, -0.1) is 24.0 Å². The van der Waals surface area contributed by atoms with Crippen molar-refractivity contribution >= 4 is 29.9 Å². The first-order chi connectivity index (χ1) is 9.78. The van der Waals surface area contributed by atoms with Gasteiger partial charge in [0.05, 0.1) is 12.2 Å². The molecule has 1 aliphatic carbocycles. The van der Waals surface area contributed by atoms with Crippen LogP contribution in [0.2, 0.25) is 0 Å². The predicted octanol–water partition coefficient (Wildman–Crippen LogP) is 3.19. The van der Waals surface area contributed by atoms with Crippen LogP contribution < -0.4 is 10.6 Å². The summed E-state index contributed by atoms with van der Waals surface area (Å²) in [7, 11) is 1.82. The molecule has 2 unspecified atom stereocenters. The Bertz CT molecular complexity index is 422. The van der Waals surface area contributed by atoms with E-state index in [1.807, 2.05) is 31.4 Å². The number of pyridine rings is 1. The van der Waals surface area contributed by atoms with Gasteiger partial charge in [0.25, 0.3) is 0 Å². The molecule has 0 amide bonds. The van der Waals surface area contributed by atoms with E-state index in [1.54, 1.807) is 0 Å². The van der Waals surface area contributed by atoms with Crippen LogP contribution in [-0.2, 0) is 6.54 Å². The quantitative estimate of drug-likeness (QED) is 0.462. The van der Waals surface area contributed by atoms with Gasteiger partial charge in [-0.05, 0) is 36.8 Å². The first-order valence-corrected chi connectivity index (χ1v) is 7.62. The highest BCUT2D eigenvalue weighted by molar-refractivity contribution is 14.0. The zero-order valence-electron chi connectivity index (χ0n) is 13.0. The average Bonchev–Trinajstić information content (AvgIpc) is 2.48. The summed E-state index contributed by atoms with van der Waals surface area (Å²) in [5.41, 5.74) is 1.03. The van der Waals surface area contributed by atoms with Crippen LogP contribution in [-0.4, -0.2) is 24.5 Å². The number of hydrogen-bond donors (Lipinski definition) is 2. The molecule has 0 radical (unpaired) electrons. The van der Waals surface area contributed by atoms with Crippen LogP contribution in [0, 0.1) is 11.8 Å². The average molecular weight is 402 g/mol. The lowest BCUT2D eigenvalue weighted by molar-refractivity contribution is 0.282. The van der Waals surface area contributed by atoms with E-state index in [2.05, 4.69) is 27.5 Å². The molecule has 0 aromatic carbocycles. The zero-order chi connectivity index (χ0) is 14.2. The topological polar surface area (TPSA) is 49.3 Å². The van der Waals surface area contributed by atoms with E-state index in [-0.39, 0.29) is 24.0 Å². The lowest BCUT2D eigenvalue weighted by Gasteiger charge is -2.27. The summed E-state index contributed by atoms with van der Waals surface area (Å²) in [4.78, 5) is 8.57. The number of nitrogens with one attached hydrogen (secondary N) is 2. The molecular formula is C16H27IN4.